The summed E-state index contributed by atoms with van der Waals surface area (Å²) in [6.07, 6.45) is 0.714. The Morgan fingerprint density at radius 1 is 1.23 bits per heavy atom. The Morgan fingerprint density at radius 3 is 2.69 bits per heavy atom. The van der Waals surface area contributed by atoms with Crippen LogP contribution < -0.4 is 0 Å². The molecular weight excluding hydrogens is 164 g/mol. The minimum absolute atomic E-state index is 0.312. The monoisotopic (exact) mass is 172 g/mol. The number of ether oxygens (including phenoxy) is 1. The summed E-state index contributed by atoms with van der Waals surface area (Å²) in [7, 11) is 0. The Bertz CT molecular complexity index is 367. The quantitative estimate of drug-likeness (QED) is 0.554. The number of esters is 1. The predicted molar refractivity (Wildman–Crippen MR) is 47.2 cm³/mol. The second kappa shape index (κ2) is 2.87. The summed E-state index contributed by atoms with van der Waals surface area (Å²) < 4.78 is 4.86. The Labute approximate surface area is 77.5 Å². The molecule has 2 nitrogen and oxygen atoms in total. The van der Waals surface area contributed by atoms with Gasteiger partial charge < -0.3 is 4.74 Å². The normalized spacial score (nSPS) is 15.1. The number of hydrogen-bond acceptors (Lipinski definition) is 2. The number of cyclic esters (lactones) is 1. The summed E-state index contributed by atoms with van der Waals surface area (Å²) in [6.45, 7) is 11.6. The molecule has 0 fully saturated rings. The van der Waals surface area contributed by atoms with Crippen LogP contribution in [0.25, 0.3) is 0 Å². The van der Waals surface area contributed by atoms with Gasteiger partial charge in [0.25, 0.3) is 0 Å². The molecule has 1 aromatic rings. The van der Waals surface area contributed by atoms with Crippen LogP contribution in [0.15, 0.2) is 12.1 Å². The molecule has 1 aliphatic rings. The molecule has 0 bridgehead atoms. The fourth-order valence-corrected chi connectivity index (χ4v) is 1.41. The van der Waals surface area contributed by atoms with E-state index in [1.54, 1.807) is 12.1 Å². The van der Waals surface area contributed by atoms with E-state index in [1.807, 2.05) is 0 Å². The maximum atomic E-state index is 11.2. The maximum Gasteiger partial charge on any atom is 0.338 e. The highest BCUT2D eigenvalue weighted by atomic mass is 16.5. The zero-order valence-corrected chi connectivity index (χ0v) is 7.04. The minimum Gasteiger partial charge on any atom is -0.462 e. The van der Waals surface area contributed by atoms with Crippen molar-refractivity contribution in [3.63, 3.8) is 0 Å². The van der Waals surface area contributed by atoms with E-state index in [0.29, 0.717) is 29.7 Å². The van der Waals surface area contributed by atoms with Gasteiger partial charge in [0, 0.05) is 6.42 Å². The molecule has 2 rings (SSSR count). The van der Waals surface area contributed by atoms with Crippen molar-refractivity contribution in [1.82, 2.24) is 0 Å². The number of fused-ring (bicyclic) bond motifs is 1. The zero-order chi connectivity index (χ0) is 9.42. The topological polar surface area (TPSA) is 26.3 Å². The molecule has 13 heavy (non-hydrogen) atoms. The average Bonchev–Trinajstić information content (AvgIpc) is 2.09. The SMILES string of the molecule is [CH]c1cc2c(cc1[CH])C(=O)OCC2. The van der Waals surface area contributed by atoms with Crippen molar-refractivity contribution < 1.29 is 9.53 Å². The van der Waals surface area contributed by atoms with Gasteiger partial charge in [0.05, 0.1) is 12.2 Å². The molecule has 0 saturated carbocycles. The van der Waals surface area contributed by atoms with E-state index in [-0.39, 0.29) is 5.97 Å². The van der Waals surface area contributed by atoms with Crippen molar-refractivity contribution in [2.45, 2.75) is 6.42 Å². The summed E-state index contributed by atoms with van der Waals surface area (Å²) in [4.78, 5) is 11.2. The lowest BCUT2D eigenvalue weighted by Gasteiger charge is -2.16. The summed E-state index contributed by atoms with van der Waals surface area (Å²) in [5, 5.41) is 0. The van der Waals surface area contributed by atoms with Gasteiger partial charge in [-0.1, -0.05) is 6.07 Å². The lowest BCUT2D eigenvalue weighted by Crippen LogP contribution is -2.17. The van der Waals surface area contributed by atoms with E-state index in [4.69, 9.17) is 18.6 Å². The number of rotatable bonds is 0. The molecule has 0 amide bonds. The van der Waals surface area contributed by atoms with E-state index in [1.165, 1.54) is 0 Å². The molecule has 4 radical (unpaired) electrons. The Balaban J connectivity index is 2.58. The van der Waals surface area contributed by atoms with E-state index in [2.05, 4.69) is 0 Å². The summed E-state index contributed by atoms with van der Waals surface area (Å²) >= 11 is 0. The van der Waals surface area contributed by atoms with Crippen LogP contribution in [-0.2, 0) is 11.2 Å². The van der Waals surface area contributed by atoms with Gasteiger partial charge in [-0.3, -0.25) is 0 Å². The third kappa shape index (κ3) is 1.32. The van der Waals surface area contributed by atoms with Crippen molar-refractivity contribution in [2.24, 2.45) is 0 Å². The molecule has 0 aliphatic carbocycles. The second-order valence-corrected chi connectivity index (χ2v) is 3.02. The first kappa shape index (κ1) is 8.30. The Morgan fingerprint density at radius 2 is 1.92 bits per heavy atom. The van der Waals surface area contributed by atoms with Crippen LogP contribution in [0.5, 0.6) is 0 Å². The Hall–Kier alpha value is -1.31. The summed E-state index contributed by atoms with van der Waals surface area (Å²) in [5.74, 6) is -0.312. The van der Waals surface area contributed by atoms with Gasteiger partial charge in [-0.2, -0.15) is 0 Å². The van der Waals surface area contributed by atoms with Crippen molar-refractivity contribution in [3.8, 4) is 0 Å². The van der Waals surface area contributed by atoms with Gasteiger partial charge in [0.1, 0.15) is 0 Å². The molecule has 64 valence electrons. The molecule has 0 unspecified atom stereocenters. The summed E-state index contributed by atoms with van der Waals surface area (Å²) in [6, 6.07) is 3.32. The molecule has 0 aromatic heterocycles. The third-order valence-electron chi connectivity index (χ3n) is 2.13. The molecule has 2 heteroatoms. The first-order valence-corrected chi connectivity index (χ1v) is 4.03. The third-order valence-corrected chi connectivity index (χ3v) is 2.13. The molecule has 0 spiro atoms. The first-order chi connectivity index (χ1) is 6.18. The highest BCUT2D eigenvalue weighted by molar-refractivity contribution is 5.92. The van der Waals surface area contributed by atoms with Gasteiger partial charge in [-0.25, -0.2) is 4.79 Å². The largest absolute Gasteiger partial charge is 0.462 e. The van der Waals surface area contributed by atoms with Gasteiger partial charge >= 0.3 is 5.97 Å². The lowest BCUT2D eigenvalue weighted by molar-refractivity contribution is 0.0480. The standard InChI is InChI=1S/C11H8O2/c1-7-5-9-3-4-13-11(12)10(9)6-8(7)2/h1-2,5-6H,3-4H2. The van der Waals surface area contributed by atoms with Crippen molar-refractivity contribution in [1.29, 1.82) is 0 Å². The molecular formula is C11H8O2. The molecule has 1 heterocycles. The summed E-state index contributed by atoms with van der Waals surface area (Å²) in [5.41, 5.74) is 2.41. The van der Waals surface area contributed by atoms with Crippen molar-refractivity contribution in [2.75, 3.05) is 6.61 Å². The molecule has 1 aliphatic heterocycles. The van der Waals surface area contributed by atoms with Gasteiger partial charge in [-0.05, 0) is 36.6 Å². The van der Waals surface area contributed by atoms with Crippen LogP contribution in [0.3, 0.4) is 0 Å². The fraction of sp³-hybridized carbons (Fsp3) is 0.182. The average molecular weight is 172 g/mol. The van der Waals surface area contributed by atoms with Crippen LogP contribution in [-0.4, -0.2) is 12.6 Å². The molecule has 0 atom stereocenters. The van der Waals surface area contributed by atoms with E-state index in [0.717, 1.165) is 5.56 Å². The van der Waals surface area contributed by atoms with Gasteiger partial charge in [-0.15, -0.1) is 0 Å². The zero-order valence-electron chi connectivity index (χ0n) is 7.04. The fourth-order valence-electron chi connectivity index (χ4n) is 1.41. The Kier molecular flexibility index (Phi) is 1.83. The van der Waals surface area contributed by atoms with Crippen molar-refractivity contribution >= 4 is 5.97 Å². The smallest absolute Gasteiger partial charge is 0.338 e. The van der Waals surface area contributed by atoms with E-state index >= 15 is 0 Å². The first-order valence-electron chi connectivity index (χ1n) is 4.03. The highest BCUT2D eigenvalue weighted by Crippen LogP contribution is 2.20. The molecule has 0 N–H and O–H groups in total. The van der Waals surface area contributed by atoms with Gasteiger partial charge in [0.15, 0.2) is 0 Å². The number of carbonyl (C=O) groups is 1. The van der Waals surface area contributed by atoms with E-state index < -0.39 is 0 Å². The van der Waals surface area contributed by atoms with Gasteiger partial charge in [0.2, 0.25) is 0 Å². The number of carbonyl (C=O) groups excluding carboxylic acids is 1. The predicted octanol–water partition coefficient (Wildman–Crippen LogP) is 1.52. The number of benzene rings is 1. The van der Waals surface area contributed by atoms with Crippen LogP contribution in [0.1, 0.15) is 27.0 Å². The highest BCUT2D eigenvalue weighted by Gasteiger charge is 2.18. The molecule has 0 saturated heterocycles. The lowest BCUT2D eigenvalue weighted by atomic mass is 9.97. The van der Waals surface area contributed by atoms with E-state index in [9.17, 15) is 4.79 Å². The van der Waals surface area contributed by atoms with Crippen molar-refractivity contribution in [3.05, 3.63) is 48.2 Å². The van der Waals surface area contributed by atoms with Crippen LogP contribution >= 0.6 is 0 Å². The maximum absolute atomic E-state index is 11.2. The van der Waals surface area contributed by atoms with Crippen LogP contribution in [0.2, 0.25) is 0 Å². The van der Waals surface area contributed by atoms with Crippen LogP contribution in [0, 0.1) is 13.8 Å². The second-order valence-electron chi connectivity index (χ2n) is 3.02. The number of hydrogen-bond donors (Lipinski definition) is 0. The minimum atomic E-state index is -0.312. The van der Waals surface area contributed by atoms with Crippen LogP contribution in [0.4, 0.5) is 0 Å². The molecule has 1 aromatic carbocycles.